The van der Waals surface area contributed by atoms with Gasteiger partial charge in [-0.25, -0.2) is 0 Å². The molecule has 0 heterocycles. The number of nitriles is 1. The molecule has 2 rings (SSSR count). The maximum atomic E-state index is 12.4. The lowest BCUT2D eigenvalue weighted by Gasteiger charge is -2.29. The fourth-order valence-electron chi connectivity index (χ4n) is 3.01. The minimum absolute atomic E-state index is 0.207. The lowest BCUT2D eigenvalue weighted by atomic mass is 9.97. The van der Waals surface area contributed by atoms with E-state index in [-0.39, 0.29) is 5.91 Å². The van der Waals surface area contributed by atoms with E-state index in [4.69, 9.17) is 0 Å². The second-order valence-corrected chi connectivity index (χ2v) is 6.00. The molecule has 4 heteroatoms. The molecule has 1 aromatic carbocycles. The molecular weight excluding hydrogens is 264 g/mol. The number of rotatable bonds is 5. The zero-order chi connectivity index (χ0) is 15.3. The summed E-state index contributed by atoms with van der Waals surface area (Å²) in [4.78, 5) is 13.9. The van der Waals surface area contributed by atoms with Crippen LogP contribution in [0.4, 0.5) is 0 Å². The molecule has 4 nitrogen and oxygen atoms in total. The van der Waals surface area contributed by atoms with E-state index >= 15 is 0 Å². The van der Waals surface area contributed by atoms with Gasteiger partial charge in [-0.05, 0) is 24.8 Å². The van der Waals surface area contributed by atoms with Gasteiger partial charge in [-0.15, -0.1) is 0 Å². The predicted octanol–water partition coefficient (Wildman–Crippen LogP) is 2.13. The first-order valence-electron chi connectivity index (χ1n) is 7.45. The Kier molecular flexibility index (Phi) is 4.98. The van der Waals surface area contributed by atoms with Crippen molar-refractivity contribution < 1.29 is 9.90 Å². The Morgan fingerprint density at radius 3 is 2.57 bits per heavy atom. The van der Waals surface area contributed by atoms with Gasteiger partial charge in [0.25, 0.3) is 0 Å². The topological polar surface area (TPSA) is 64.3 Å². The number of amides is 1. The van der Waals surface area contributed by atoms with Crippen LogP contribution in [0, 0.1) is 17.2 Å². The van der Waals surface area contributed by atoms with Gasteiger partial charge in [0.15, 0.2) is 0 Å². The van der Waals surface area contributed by atoms with Crippen molar-refractivity contribution in [2.75, 3.05) is 13.6 Å². The zero-order valence-electron chi connectivity index (χ0n) is 12.5. The number of carbonyl (C=O) groups is 1. The fraction of sp³-hybridized carbons (Fsp3) is 0.529. The van der Waals surface area contributed by atoms with E-state index in [1.807, 2.05) is 30.3 Å². The van der Waals surface area contributed by atoms with Gasteiger partial charge in [0, 0.05) is 13.6 Å². The van der Waals surface area contributed by atoms with Crippen molar-refractivity contribution in [1.82, 2.24) is 4.90 Å². The molecule has 1 N–H and O–H groups in total. The van der Waals surface area contributed by atoms with Gasteiger partial charge >= 0.3 is 0 Å². The van der Waals surface area contributed by atoms with Gasteiger partial charge in [0.1, 0.15) is 5.92 Å². The molecule has 0 aromatic heterocycles. The minimum atomic E-state index is -0.767. The van der Waals surface area contributed by atoms with E-state index in [1.54, 1.807) is 7.05 Å². The van der Waals surface area contributed by atoms with E-state index < -0.39 is 11.5 Å². The summed E-state index contributed by atoms with van der Waals surface area (Å²) in [6.07, 6.45) is 3.90. The second-order valence-electron chi connectivity index (χ2n) is 6.00. The van der Waals surface area contributed by atoms with Crippen molar-refractivity contribution >= 4 is 5.91 Å². The summed E-state index contributed by atoms with van der Waals surface area (Å²) in [5, 5.41) is 19.6. The van der Waals surface area contributed by atoms with Crippen molar-refractivity contribution in [3.05, 3.63) is 35.9 Å². The summed E-state index contributed by atoms with van der Waals surface area (Å²) < 4.78 is 0. The molecule has 0 bridgehead atoms. The second kappa shape index (κ2) is 6.73. The summed E-state index contributed by atoms with van der Waals surface area (Å²) >= 11 is 0. The zero-order valence-corrected chi connectivity index (χ0v) is 12.5. The predicted molar refractivity (Wildman–Crippen MR) is 80.3 cm³/mol. The van der Waals surface area contributed by atoms with Crippen LogP contribution in [0.3, 0.4) is 0 Å². The standard InChI is InChI=1S/C17H22N2O2/c1-19(13-17(21)9-5-6-10-17)16(20)15(12-18)11-14-7-3-2-4-8-14/h2-4,7-8,15,21H,5-6,9-11,13H2,1H3. The molecule has 1 amide bonds. The Labute approximate surface area is 126 Å². The molecular formula is C17H22N2O2. The van der Waals surface area contributed by atoms with Gasteiger partial charge < -0.3 is 10.0 Å². The first kappa shape index (κ1) is 15.5. The lowest BCUT2D eigenvalue weighted by Crippen LogP contribution is -2.44. The molecule has 0 aliphatic heterocycles. The quantitative estimate of drug-likeness (QED) is 0.902. The number of aliphatic hydroxyl groups is 1. The third-order valence-electron chi connectivity index (χ3n) is 4.18. The average Bonchev–Trinajstić information content (AvgIpc) is 2.91. The monoisotopic (exact) mass is 286 g/mol. The van der Waals surface area contributed by atoms with Crippen LogP contribution in [-0.2, 0) is 11.2 Å². The highest BCUT2D eigenvalue weighted by molar-refractivity contribution is 5.81. The Balaban J connectivity index is 1.97. The number of hydrogen-bond acceptors (Lipinski definition) is 3. The van der Waals surface area contributed by atoms with Crippen LogP contribution in [0.2, 0.25) is 0 Å². The van der Waals surface area contributed by atoms with Crippen LogP contribution in [0.1, 0.15) is 31.2 Å². The molecule has 1 atom stereocenters. The van der Waals surface area contributed by atoms with E-state index in [0.717, 1.165) is 31.2 Å². The molecule has 0 saturated heterocycles. The third kappa shape index (κ3) is 4.05. The normalized spacial score (nSPS) is 18.0. The molecule has 21 heavy (non-hydrogen) atoms. The Morgan fingerprint density at radius 2 is 2.00 bits per heavy atom. The van der Waals surface area contributed by atoms with Crippen LogP contribution in [-0.4, -0.2) is 35.1 Å². The van der Waals surface area contributed by atoms with E-state index in [9.17, 15) is 15.2 Å². The van der Waals surface area contributed by atoms with Gasteiger partial charge in [-0.1, -0.05) is 43.2 Å². The highest BCUT2D eigenvalue weighted by atomic mass is 16.3. The number of benzene rings is 1. The molecule has 1 aliphatic rings. The van der Waals surface area contributed by atoms with Crippen molar-refractivity contribution in [3.63, 3.8) is 0 Å². The summed E-state index contributed by atoms with van der Waals surface area (Å²) in [5.41, 5.74) is 0.210. The molecule has 1 unspecified atom stereocenters. The largest absolute Gasteiger partial charge is 0.388 e. The summed E-state index contributed by atoms with van der Waals surface area (Å²) in [6, 6.07) is 11.6. The van der Waals surface area contributed by atoms with Crippen molar-refractivity contribution in [3.8, 4) is 6.07 Å². The van der Waals surface area contributed by atoms with Gasteiger partial charge in [0.05, 0.1) is 11.7 Å². The minimum Gasteiger partial charge on any atom is -0.388 e. The highest BCUT2D eigenvalue weighted by Crippen LogP contribution is 2.30. The summed E-state index contributed by atoms with van der Waals surface area (Å²) in [7, 11) is 1.67. The van der Waals surface area contributed by atoms with Crippen molar-refractivity contribution in [2.24, 2.45) is 5.92 Å². The fourth-order valence-corrected chi connectivity index (χ4v) is 3.01. The van der Waals surface area contributed by atoms with Gasteiger partial charge in [0.2, 0.25) is 5.91 Å². The maximum absolute atomic E-state index is 12.4. The maximum Gasteiger partial charge on any atom is 0.240 e. The highest BCUT2D eigenvalue weighted by Gasteiger charge is 2.34. The first-order valence-corrected chi connectivity index (χ1v) is 7.45. The number of likely N-dealkylation sites (N-methyl/N-ethyl adjacent to an activating group) is 1. The van der Waals surface area contributed by atoms with Crippen LogP contribution in [0.5, 0.6) is 0 Å². The van der Waals surface area contributed by atoms with Crippen molar-refractivity contribution in [2.45, 2.75) is 37.7 Å². The van der Waals surface area contributed by atoms with E-state index in [0.29, 0.717) is 13.0 Å². The first-order chi connectivity index (χ1) is 10.0. The SMILES string of the molecule is CN(CC1(O)CCCC1)C(=O)C(C#N)Cc1ccccc1. The number of carbonyl (C=O) groups excluding carboxylic acids is 1. The Hall–Kier alpha value is -1.86. The molecule has 112 valence electrons. The third-order valence-corrected chi connectivity index (χ3v) is 4.18. The van der Waals surface area contributed by atoms with Crippen LogP contribution in [0.25, 0.3) is 0 Å². The lowest BCUT2D eigenvalue weighted by molar-refractivity contribution is -0.135. The van der Waals surface area contributed by atoms with Crippen LogP contribution >= 0.6 is 0 Å². The molecule has 1 aromatic rings. The Bertz CT molecular complexity index is 515. The number of hydrogen-bond donors (Lipinski definition) is 1. The van der Waals surface area contributed by atoms with Crippen LogP contribution < -0.4 is 0 Å². The molecule has 1 fully saturated rings. The molecule has 0 spiro atoms. The smallest absolute Gasteiger partial charge is 0.240 e. The van der Waals surface area contributed by atoms with Gasteiger partial charge in [-0.3, -0.25) is 4.79 Å². The summed E-state index contributed by atoms with van der Waals surface area (Å²) in [5.74, 6) is -0.899. The molecule has 0 radical (unpaired) electrons. The van der Waals surface area contributed by atoms with E-state index in [2.05, 4.69) is 6.07 Å². The Morgan fingerprint density at radius 1 is 1.38 bits per heavy atom. The molecule has 1 aliphatic carbocycles. The average molecular weight is 286 g/mol. The van der Waals surface area contributed by atoms with E-state index in [1.165, 1.54) is 4.90 Å². The van der Waals surface area contributed by atoms with Crippen molar-refractivity contribution in [1.29, 1.82) is 5.26 Å². The van der Waals surface area contributed by atoms with Gasteiger partial charge in [-0.2, -0.15) is 5.26 Å². The van der Waals surface area contributed by atoms with Crippen LogP contribution in [0.15, 0.2) is 30.3 Å². The summed E-state index contributed by atoms with van der Waals surface area (Å²) in [6.45, 7) is 0.318. The number of nitrogens with zero attached hydrogens (tertiary/aromatic N) is 2. The molecule has 1 saturated carbocycles.